The Labute approximate surface area is 119 Å². The van der Waals surface area contributed by atoms with Gasteiger partial charge >= 0.3 is 0 Å². The largest absolute Gasteiger partial charge is 0.375 e. The van der Waals surface area contributed by atoms with Gasteiger partial charge in [-0.1, -0.05) is 26.7 Å². The molecule has 2 aliphatic rings. The van der Waals surface area contributed by atoms with Crippen molar-refractivity contribution in [2.75, 3.05) is 13.2 Å². The molecule has 1 aliphatic carbocycles. The van der Waals surface area contributed by atoms with E-state index in [1.54, 1.807) is 0 Å². The van der Waals surface area contributed by atoms with E-state index in [1.165, 1.54) is 70.8 Å². The molecule has 0 radical (unpaired) electrons. The van der Waals surface area contributed by atoms with Crippen LogP contribution in [0.1, 0.15) is 78.1 Å². The minimum atomic E-state index is 0.307. The van der Waals surface area contributed by atoms with Crippen molar-refractivity contribution in [2.24, 2.45) is 5.92 Å². The van der Waals surface area contributed by atoms with Crippen molar-refractivity contribution < 1.29 is 4.74 Å². The first kappa shape index (κ1) is 15.3. The lowest BCUT2D eigenvalue weighted by Gasteiger charge is -2.38. The Morgan fingerprint density at radius 1 is 1.26 bits per heavy atom. The predicted molar refractivity (Wildman–Crippen MR) is 81.5 cm³/mol. The van der Waals surface area contributed by atoms with Crippen molar-refractivity contribution in [1.29, 1.82) is 0 Å². The van der Waals surface area contributed by atoms with Crippen LogP contribution in [0.3, 0.4) is 0 Å². The fourth-order valence-electron chi connectivity index (χ4n) is 3.98. The minimum Gasteiger partial charge on any atom is -0.375 e. The van der Waals surface area contributed by atoms with E-state index in [-0.39, 0.29) is 0 Å². The Bertz CT molecular complexity index is 248. The molecule has 1 N–H and O–H groups in total. The van der Waals surface area contributed by atoms with Crippen molar-refractivity contribution in [3.05, 3.63) is 0 Å². The molecule has 2 heteroatoms. The van der Waals surface area contributed by atoms with Crippen LogP contribution in [-0.4, -0.2) is 24.8 Å². The van der Waals surface area contributed by atoms with Gasteiger partial charge in [0, 0.05) is 12.6 Å². The summed E-state index contributed by atoms with van der Waals surface area (Å²) in [6.45, 7) is 6.76. The first-order valence-electron chi connectivity index (χ1n) is 8.65. The third-order valence-corrected chi connectivity index (χ3v) is 5.21. The summed E-state index contributed by atoms with van der Waals surface area (Å²) in [6.07, 6.45) is 13.4. The van der Waals surface area contributed by atoms with Gasteiger partial charge in [0.1, 0.15) is 0 Å². The summed E-state index contributed by atoms with van der Waals surface area (Å²) in [4.78, 5) is 0. The van der Waals surface area contributed by atoms with Crippen LogP contribution in [0.25, 0.3) is 0 Å². The van der Waals surface area contributed by atoms with Crippen molar-refractivity contribution in [2.45, 2.75) is 89.7 Å². The summed E-state index contributed by atoms with van der Waals surface area (Å²) in [5.74, 6) is 0.921. The molecule has 1 saturated carbocycles. The maximum atomic E-state index is 6.14. The molecular weight excluding hydrogens is 234 g/mol. The fraction of sp³-hybridized carbons (Fsp3) is 1.00. The Kier molecular flexibility index (Phi) is 6.15. The van der Waals surface area contributed by atoms with Gasteiger partial charge in [0.05, 0.1) is 5.60 Å². The molecule has 112 valence electrons. The van der Waals surface area contributed by atoms with Gasteiger partial charge in [0.25, 0.3) is 0 Å². The van der Waals surface area contributed by atoms with E-state index in [4.69, 9.17) is 4.74 Å². The van der Waals surface area contributed by atoms with Gasteiger partial charge in [-0.15, -0.1) is 0 Å². The second-order valence-electron chi connectivity index (χ2n) is 6.73. The third kappa shape index (κ3) is 4.46. The Morgan fingerprint density at radius 2 is 2.05 bits per heavy atom. The van der Waals surface area contributed by atoms with E-state index in [0.717, 1.165) is 18.6 Å². The van der Waals surface area contributed by atoms with Crippen LogP contribution in [0.4, 0.5) is 0 Å². The predicted octanol–water partition coefficient (Wildman–Crippen LogP) is 4.28. The zero-order chi connectivity index (χ0) is 13.6. The maximum Gasteiger partial charge on any atom is 0.0685 e. The molecule has 0 bridgehead atoms. The van der Waals surface area contributed by atoms with Crippen LogP contribution in [-0.2, 0) is 4.74 Å². The Balaban J connectivity index is 1.72. The van der Waals surface area contributed by atoms with Crippen molar-refractivity contribution in [1.82, 2.24) is 5.32 Å². The number of ether oxygens (including phenoxy) is 1. The van der Waals surface area contributed by atoms with E-state index in [2.05, 4.69) is 19.2 Å². The Hall–Kier alpha value is -0.0800. The molecule has 2 rings (SSSR count). The zero-order valence-corrected chi connectivity index (χ0v) is 13.0. The van der Waals surface area contributed by atoms with Crippen molar-refractivity contribution in [3.8, 4) is 0 Å². The standard InChI is InChI=1S/C17H33NO/c1-3-12-18-16(4-2)8-7-15-9-13-19-17(14-15)10-5-6-11-17/h15-16,18H,3-14H2,1-2H3. The summed E-state index contributed by atoms with van der Waals surface area (Å²) in [5.41, 5.74) is 0.307. The van der Waals surface area contributed by atoms with Crippen LogP contribution < -0.4 is 5.32 Å². The van der Waals surface area contributed by atoms with Gasteiger partial charge in [-0.25, -0.2) is 0 Å². The van der Waals surface area contributed by atoms with Gasteiger partial charge in [0.15, 0.2) is 0 Å². The molecule has 2 nitrogen and oxygen atoms in total. The highest BCUT2D eigenvalue weighted by Gasteiger charge is 2.39. The number of rotatable bonds is 7. The van der Waals surface area contributed by atoms with E-state index in [0.29, 0.717) is 5.60 Å². The smallest absolute Gasteiger partial charge is 0.0685 e. The molecule has 2 fully saturated rings. The first-order valence-corrected chi connectivity index (χ1v) is 8.65. The van der Waals surface area contributed by atoms with Gasteiger partial charge < -0.3 is 10.1 Å². The van der Waals surface area contributed by atoms with Gasteiger partial charge in [-0.3, -0.25) is 0 Å². The summed E-state index contributed by atoms with van der Waals surface area (Å²) in [6, 6.07) is 0.738. The van der Waals surface area contributed by atoms with Crippen molar-refractivity contribution in [3.63, 3.8) is 0 Å². The first-order chi connectivity index (χ1) is 9.28. The summed E-state index contributed by atoms with van der Waals surface area (Å²) in [5, 5.41) is 3.69. The summed E-state index contributed by atoms with van der Waals surface area (Å²) in [7, 11) is 0. The van der Waals surface area contributed by atoms with Crippen molar-refractivity contribution >= 4 is 0 Å². The zero-order valence-electron chi connectivity index (χ0n) is 13.0. The summed E-state index contributed by atoms with van der Waals surface area (Å²) >= 11 is 0. The van der Waals surface area contributed by atoms with Gasteiger partial charge in [0.2, 0.25) is 0 Å². The van der Waals surface area contributed by atoms with Gasteiger partial charge in [-0.2, -0.15) is 0 Å². The number of nitrogens with one attached hydrogen (secondary N) is 1. The van der Waals surface area contributed by atoms with Crippen LogP contribution >= 0.6 is 0 Å². The number of hydrogen-bond donors (Lipinski definition) is 1. The molecule has 1 aliphatic heterocycles. The summed E-state index contributed by atoms with van der Waals surface area (Å²) < 4.78 is 6.14. The Morgan fingerprint density at radius 3 is 2.74 bits per heavy atom. The van der Waals surface area contributed by atoms with Crippen LogP contribution in [0, 0.1) is 5.92 Å². The normalized spacial score (nSPS) is 27.8. The average Bonchev–Trinajstić information content (AvgIpc) is 2.87. The fourth-order valence-corrected chi connectivity index (χ4v) is 3.98. The van der Waals surface area contributed by atoms with Crippen LogP contribution in [0.15, 0.2) is 0 Å². The highest BCUT2D eigenvalue weighted by atomic mass is 16.5. The number of hydrogen-bond acceptors (Lipinski definition) is 2. The quantitative estimate of drug-likeness (QED) is 0.743. The molecule has 1 saturated heterocycles. The monoisotopic (exact) mass is 267 g/mol. The third-order valence-electron chi connectivity index (χ3n) is 5.21. The molecule has 0 amide bonds. The maximum absolute atomic E-state index is 6.14. The molecule has 1 spiro atoms. The SMILES string of the molecule is CCCNC(CC)CCC1CCOC2(CCCC2)C1. The molecule has 0 aromatic heterocycles. The minimum absolute atomic E-state index is 0.307. The lowest BCUT2D eigenvalue weighted by atomic mass is 9.81. The second-order valence-corrected chi connectivity index (χ2v) is 6.73. The van der Waals surface area contributed by atoms with E-state index in [9.17, 15) is 0 Å². The molecule has 0 aromatic carbocycles. The van der Waals surface area contributed by atoms with Crippen LogP contribution in [0.2, 0.25) is 0 Å². The van der Waals surface area contributed by atoms with Crippen LogP contribution in [0.5, 0.6) is 0 Å². The van der Waals surface area contributed by atoms with E-state index in [1.807, 2.05) is 0 Å². The average molecular weight is 267 g/mol. The molecule has 0 aromatic rings. The molecule has 2 unspecified atom stereocenters. The molecule has 1 heterocycles. The lowest BCUT2D eigenvalue weighted by molar-refractivity contribution is -0.0941. The van der Waals surface area contributed by atoms with Gasteiger partial charge in [-0.05, 0) is 63.8 Å². The lowest BCUT2D eigenvalue weighted by Crippen LogP contribution is -2.38. The molecule has 19 heavy (non-hydrogen) atoms. The molecular formula is C17H33NO. The second kappa shape index (κ2) is 7.64. The highest BCUT2D eigenvalue weighted by molar-refractivity contribution is 4.91. The highest BCUT2D eigenvalue weighted by Crippen LogP contribution is 2.43. The topological polar surface area (TPSA) is 21.3 Å². The van der Waals surface area contributed by atoms with E-state index >= 15 is 0 Å². The van der Waals surface area contributed by atoms with E-state index < -0.39 is 0 Å². The molecule has 2 atom stereocenters.